The molecule has 0 radical (unpaired) electrons. The zero-order valence-electron chi connectivity index (χ0n) is 16.5. The van der Waals surface area contributed by atoms with E-state index in [-0.39, 0.29) is 18.7 Å². The number of ether oxygens (including phenoxy) is 1. The molecule has 1 amide bonds. The molecule has 27 heavy (non-hydrogen) atoms. The van der Waals surface area contributed by atoms with Crippen LogP contribution in [-0.2, 0) is 4.74 Å². The molecule has 0 aromatic carbocycles. The molecule has 154 valence electrons. The lowest BCUT2D eigenvalue weighted by atomic mass is 9.64. The van der Waals surface area contributed by atoms with Crippen LogP contribution in [0.2, 0.25) is 0 Å². The van der Waals surface area contributed by atoms with Crippen LogP contribution in [0.4, 0.5) is 9.18 Å². The maximum absolute atomic E-state index is 13.7. The third-order valence-corrected chi connectivity index (χ3v) is 7.40. The molecule has 1 aliphatic carbocycles. The van der Waals surface area contributed by atoms with E-state index in [0.717, 1.165) is 45.4 Å². The molecule has 6 nitrogen and oxygen atoms in total. The Morgan fingerprint density at radius 3 is 2.63 bits per heavy atom. The summed E-state index contributed by atoms with van der Waals surface area (Å²) >= 11 is 0. The largest absolute Gasteiger partial charge is 0.450 e. The third kappa shape index (κ3) is 3.83. The van der Waals surface area contributed by atoms with E-state index >= 15 is 0 Å². The number of hydrogen-bond donors (Lipinski definition) is 1. The van der Waals surface area contributed by atoms with Gasteiger partial charge in [0.2, 0.25) is 0 Å². The van der Waals surface area contributed by atoms with Crippen LogP contribution in [-0.4, -0.2) is 96.1 Å². The van der Waals surface area contributed by atoms with Crippen molar-refractivity contribution in [1.82, 2.24) is 14.7 Å². The highest BCUT2D eigenvalue weighted by molar-refractivity contribution is 5.68. The van der Waals surface area contributed by atoms with E-state index < -0.39 is 6.17 Å². The van der Waals surface area contributed by atoms with Crippen LogP contribution in [0.15, 0.2) is 0 Å². The fourth-order valence-electron chi connectivity index (χ4n) is 5.93. The first-order valence-corrected chi connectivity index (χ1v) is 10.7. The first-order valence-electron chi connectivity index (χ1n) is 10.7. The standard InChI is InChI=1S/C20H34FN3O3/c1-2-27-19(26)23-8-5-20(14-23)10-18(11-20)22-6-3-16(4-7-22)24-12-15(21)9-17(24)13-25/h15-18,25H,2-14H2,1H3/t15-,17-,18-,20+/m1/s1. The number of aliphatic hydroxyl groups excluding tert-OH is 1. The molecule has 1 saturated carbocycles. The van der Waals surface area contributed by atoms with Crippen molar-refractivity contribution in [3.63, 3.8) is 0 Å². The molecule has 3 heterocycles. The number of aliphatic hydroxyl groups is 1. The number of rotatable bonds is 4. The zero-order chi connectivity index (χ0) is 19.0. The summed E-state index contributed by atoms with van der Waals surface area (Å²) in [5, 5.41) is 9.53. The molecule has 3 aliphatic heterocycles. The molecule has 3 saturated heterocycles. The van der Waals surface area contributed by atoms with E-state index in [1.165, 1.54) is 12.8 Å². The van der Waals surface area contributed by atoms with Crippen LogP contribution in [0.1, 0.15) is 45.4 Å². The molecule has 1 N–H and O–H groups in total. The summed E-state index contributed by atoms with van der Waals surface area (Å²) in [6.45, 7) is 6.67. The second-order valence-corrected chi connectivity index (χ2v) is 9.07. The number of halogens is 1. The molecule has 1 spiro atoms. The minimum Gasteiger partial charge on any atom is -0.450 e. The van der Waals surface area contributed by atoms with E-state index in [0.29, 0.717) is 37.1 Å². The molecule has 0 unspecified atom stereocenters. The van der Waals surface area contributed by atoms with E-state index in [1.807, 2.05) is 11.8 Å². The predicted octanol–water partition coefficient (Wildman–Crippen LogP) is 1.87. The number of hydrogen-bond acceptors (Lipinski definition) is 5. The molecule has 2 atom stereocenters. The Morgan fingerprint density at radius 1 is 1.22 bits per heavy atom. The van der Waals surface area contributed by atoms with Crippen molar-refractivity contribution in [2.75, 3.05) is 45.9 Å². The average molecular weight is 384 g/mol. The zero-order valence-corrected chi connectivity index (χ0v) is 16.5. The van der Waals surface area contributed by atoms with Crippen molar-refractivity contribution in [1.29, 1.82) is 0 Å². The fraction of sp³-hybridized carbons (Fsp3) is 0.950. The monoisotopic (exact) mass is 383 g/mol. The predicted molar refractivity (Wildman–Crippen MR) is 100 cm³/mol. The Kier molecular flexibility index (Phi) is 5.63. The molecular formula is C20H34FN3O3. The van der Waals surface area contributed by atoms with E-state index in [4.69, 9.17) is 4.74 Å². The summed E-state index contributed by atoms with van der Waals surface area (Å²) in [4.78, 5) is 18.6. The van der Waals surface area contributed by atoms with Gasteiger partial charge < -0.3 is 19.6 Å². The maximum Gasteiger partial charge on any atom is 0.409 e. The minimum atomic E-state index is -0.781. The maximum atomic E-state index is 13.7. The quantitative estimate of drug-likeness (QED) is 0.803. The summed E-state index contributed by atoms with van der Waals surface area (Å²) in [5.74, 6) is 0. The van der Waals surface area contributed by atoms with Crippen molar-refractivity contribution >= 4 is 6.09 Å². The van der Waals surface area contributed by atoms with Gasteiger partial charge in [-0.2, -0.15) is 0 Å². The summed E-state index contributed by atoms with van der Waals surface area (Å²) in [5.41, 5.74) is 0.312. The fourth-order valence-corrected chi connectivity index (χ4v) is 5.93. The van der Waals surface area contributed by atoms with Crippen LogP contribution in [0.5, 0.6) is 0 Å². The Hall–Kier alpha value is -0.920. The number of alkyl halides is 1. The SMILES string of the molecule is CCOC(=O)N1CC[C@]2(C1)C[C@@H](N1CCC(N3C[C@H](F)C[C@@H]3CO)CC1)C2. The van der Waals surface area contributed by atoms with Gasteiger partial charge in [0, 0.05) is 37.8 Å². The minimum absolute atomic E-state index is 0.0101. The highest BCUT2D eigenvalue weighted by atomic mass is 19.1. The number of nitrogens with zero attached hydrogens (tertiary/aromatic N) is 3. The average Bonchev–Trinajstić information content (AvgIpc) is 3.25. The second-order valence-electron chi connectivity index (χ2n) is 9.07. The van der Waals surface area contributed by atoms with Gasteiger partial charge in [0.1, 0.15) is 6.17 Å². The molecule has 7 heteroatoms. The van der Waals surface area contributed by atoms with Gasteiger partial charge in [0.15, 0.2) is 0 Å². The summed E-state index contributed by atoms with van der Waals surface area (Å²) < 4.78 is 18.9. The van der Waals surface area contributed by atoms with Gasteiger partial charge in [-0.1, -0.05) is 0 Å². The Balaban J connectivity index is 1.22. The van der Waals surface area contributed by atoms with Crippen molar-refractivity contribution in [3.05, 3.63) is 0 Å². The number of likely N-dealkylation sites (tertiary alicyclic amines) is 3. The number of carbonyl (C=O) groups excluding carboxylic acids is 1. The first kappa shape index (κ1) is 19.4. The molecule has 4 fully saturated rings. The lowest BCUT2D eigenvalue weighted by molar-refractivity contribution is -0.0196. The van der Waals surface area contributed by atoms with Crippen molar-refractivity contribution in [2.24, 2.45) is 5.41 Å². The van der Waals surface area contributed by atoms with Gasteiger partial charge in [0.05, 0.1) is 13.2 Å². The highest BCUT2D eigenvalue weighted by Crippen LogP contribution is 2.50. The molecule has 0 bridgehead atoms. The van der Waals surface area contributed by atoms with Gasteiger partial charge in [0.25, 0.3) is 0 Å². The third-order valence-electron chi connectivity index (χ3n) is 7.40. The second kappa shape index (κ2) is 7.84. The Morgan fingerprint density at radius 2 is 1.96 bits per heavy atom. The Bertz CT molecular complexity index is 535. The van der Waals surface area contributed by atoms with Crippen molar-refractivity contribution < 1.29 is 19.0 Å². The normalized spacial score (nSPS) is 38.5. The number of carbonyl (C=O) groups is 1. The van der Waals surface area contributed by atoms with Crippen LogP contribution in [0, 0.1) is 5.41 Å². The van der Waals surface area contributed by atoms with E-state index in [1.54, 1.807) is 0 Å². The summed E-state index contributed by atoms with van der Waals surface area (Å²) in [6.07, 6.45) is 5.15. The van der Waals surface area contributed by atoms with Crippen molar-refractivity contribution in [2.45, 2.75) is 69.7 Å². The van der Waals surface area contributed by atoms with E-state index in [9.17, 15) is 14.3 Å². The summed E-state index contributed by atoms with van der Waals surface area (Å²) in [6, 6.07) is 1.06. The van der Waals surface area contributed by atoms with Gasteiger partial charge in [-0.3, -0.25) is 4.90 Å². The van der Waals surface area contributed by atoms with Crippen molar-refractivity contribution in [3.8, 4) is 0 Å². The molecule has 4 rings (SSSR count). The van der Waals surface area contributed by atoms with Gasteiger partial charge >= 0.3 is 6.09 Å². The summed E-state index contributed by atoms with van der Waals surface area (Å²) in [7, 11) is 0. The Labute approximate surface area is 161 Å². The lowest BCUT2D eigenvalue weighted by Gasteiger charge is -2.52. The lowest BCUT2D eigenvalue weighted by Crippen LogP contribution is -2.56. The van der Waals surface area contributed by atoms with Crippen LogP contribution >= 0.6 is 0 Å². The molecule has 0 aromatic rings. The highest BCUT2D eigenvalue weighted by Gasteiger charge is 2.51. The van der Waals surface area contributed by atoms with E-state index in [2.05, 4.69) is 9.80 Å². The van der Waals surface area contributed by atoms with Crippen LogP contribution in [0.25, 0.3) is 0 Å². The van der Waals surface area contributed by atoms with Crippen LogP contribution < -0.4 is 0 Å². The smallest absolute Gasteiger partial charge is 0.409 e. The first-order chi connectivity index (χ1) is 13.0. The molecule has 4 aliphatic rings. The molecular weight excluding hydrogens is 349 g/mol. The van der Waals surface area contributed by atoms with Gasteiger partial charge in [-0.05, 0) is 64.0 Å². The van der Waals surface area contributed by atoms with Crippen LogP contribution in [0.3, 0.4) is 0 Å². The van der Waals surface area contributed by atoms with Gasteiger partial charge in [-0.15, -0.1) is 0 Å². The number of amides is 1. The number of piperidine rings is 1. The van der Waals surface area contributed by atoms with Gasteiger partial charge in [-0.25, -0.2) is 9.18 Å². The molecule has 0 aromatic heterocycles. The topological polar surface area (TPSA) is 56.2 Å².